The molecule has 1 saturated carbocycles. The molecule has 3 heterocycles. The molecule has 2 N–H and O–H groups in total. The minimum absolute atomic E-state index is 0.106. The van der Waals surface area contributed by atoms with Crippen LogP contribution in [0.2, 0.25) is 5.02 Å². The molecule has 1 aromatic carbocycles. The average Bonchev–Trinajstić information content (AvgIpc) is 3.43. The topological polar surface area (TPSA) is 75.2 Å². The van der Waals surface area contributed by atoms with Crippen molar-refractivity contribution in [2.45, 2.75) is 61.2 Å². The fourth-order valence-electron chi connectivity index (χ4n) is 4.46. The third-order valence-corrected chi connectivity index (χ3v) is 9.89. The van der Waals surface area contributed by atoms with Crippen LogP contribution >= 0.6 is 22.9 Å². The summed E-state index contributed by atoms with van der Waals surface area (Å²) in [7, 11) is -0.901. The molecule has 0 spiro atoms. The van der Waals surface area contributed by atoms with Gasteiger partial charge in [-0.3, -0.25) is 4.21 Å². The Morgan fingerprint density at radius 2 is 1.97 bits per heavy atom. The van der Waals surface area contributed by atoms with Gasteiger partial charge in [-0.15, -0.1) is 11.3 Å². The van der Waals surface area contributed by atoms with Gasteiger partial charge in [-0.1, -0.05) is 23.7 Å². The third kappa shape index (κ3) is 5.28. The molecule has 1 aliphatic carbocycles. The molecule has 1 aliphatic heterocycles. The molecule has 2 aliphatic rings. The molecule has 0 bridgehead atoms. The number of thiazole rings is 1. The fraction of sp³-hybridized carbons (Fsp3) is 0.480. The number of nitrogens with zero attached hydrogens (tertiary/aromatic N) is 1. The predicted molar refractivity (Wildman–Crippen MR) is 133 cm³/mol. The normalized spacial score (nSPS) is 20.0. The molecule has 3 aromatic rings. The highest BCUT2D eigenvalue weighted by Crippen LogP contribution is 2.40. The number of halogens is 1. The second kappa shape index (κ2) is 10.0. The molecule has 2 aromatic heterocycles. The highest BCUT2D eigenvalue weighted by atomic mass is 35.5. The summed E-state index contributed by atoms with van der Waals surface area (Å²) < 4.78 is 18.2. The number of ether oxygens (including phenoxy) is 1. The predicted octanol–water partition coefficient (Wildman–Crippen LogP) is 6.06. The van der Waals surface area contributed by atoms with Gasteiger partial charge in [0.25, 0.3) is 0 Å². The van der Waals surface area contributed by atoms with E-state index < -0.39 is 16.9 Å². The monoisotopic (exact) mass is 504 g/mol. The van der Waals surface area contributed by atoms with Gasteiger partial charge in [-0.05, 0) is 68.7 Å². The first-order valence-electron chi connectivity index (χ1n) is 11.6. The van der Waals surface area contributed by atoms with E-state index >= 15 is 0 Å². The molecule has 2 fully saturated rings. The van der Waals surface area contributed by atoms with Crippen LogP contribution in [0.25, 0.3) is 10.7 Å². The quantitative estimate of drug-likeness (QED) is 0.390. The molecular weight excluding hydrogens is 476 g/mol. The SMILES string of the molecule is CC(O)c1cnc(-c2cc(Cl)c(C(CC3CCOCC3)c3ccc(S(=O)C4CC4)cc3)[nH]2)s1. The molecule has 5 nitrogen and oxygen atoms in total. The zero-order valence-electron chi connectivity index (χ0n) is 18.6. The van der Waals surface area contributed by atoms with Gasteiger partial charge < -0.3 is 14.8 Å². The maximum absolute atomic E-state index is 12.6. The number of benzene rings is 1. The van der Waals surface area contributed by atoms with Crippen molar-refractivity contribution in [1.29, 1.82) is 0 Å². The Hall–Kier alpha value is -1.51. The Morgan fingerprint density at radius 3 is 2.61 bits per heavy atom. The number of aliphatic hydroxyl groups is 1. The minimum atomic E-state index is -0.901. The van der Waals surface area contributed by atoms with E-state index in [4.69, 9.17) is 16.3 Å². The Bertz CT molecular complexity index is 1120. The number of nitrogens with one attached hydrogen (secondary N) is 1. The molecule has 176 valence electrons. The Morgan fingerprint density at radius 1 is 1.24 bits per heavy atom. The zero-order valence-corrected chi connectivity index (χ0v) is 21.0. The summed E-state index contributed by atoms with van der Waals surface area (Å²) in [6.07, 6.45) is 6.39. The number of aliphatic hydroxyl groups excluding tert-OH is 1. The third-order valence-electron chi connectivity index (χ3n) is 6.56. The second-order valence-corrected chi connectivity index (χ2v) is 12.3. The summed E-state index contributed by atoms with van der Waals surface area (Å²) in [4.78, 5) is 9.77. The number of rotatable bonds is 8. The molecule has 1 saturated heterocycles. The van der Waals surface area contributed by atoms with Crippen molar-refractivity contribution in [1.82, 2.24) is 9.97 Å². The van der Waals surface area contributed by atoms with Crippen LogP contribution in [0.4, 0.5) is 0 Å². The van der Waals surface area contributed by atoms with Gasteiger partial charge in [0.05, 0.1) is 32.5 Å². The van der Waals surface area contributed by atoms with Crippen molar-refractivity contribution >= 4 is 33.7 Å². The molecule has 0 amide bonds. The maximum atomic E-state index is 12.6. The van der Waals surface area contributed by atoms with E-state index in [2.05, 4.69) is 22.1 Å². The molecule has 3 unspecified atom stereocenters. The first kappa shape index (κ1) is 23.2. The van der Waals surface area contributed by atoms with E-state index in [1.54, 1.807) is 13.1 Å². The van der Waals surface area contributed by atoms with Gasteiger partial charge in [-0.25, -0.2) is 4.98 Å². The number of aromatic nitrogens is 2. The molecule has 0 radical (unpaired) electrons. The maximum Gasteiger partial charge on any atom is 0.140 e. The smallest absolute Gasteiger partial charge is 0.140 e. The van der Waals surface area contributed by atoms with Gasteiger partial charge in [-0.2, -0.15) is 0 Å². The van der Waals surface area contributed by atoms with Crippen molar-refractivity contribution in [2.75, 3.05) is 13.2 Å². The fourth-order valence-corrected chi connectivity index (χ4v) is 6.93. The minimum Gasteiger partial charge on any atom is -0.388 e. The first-order chi connectivity index (χ1) is 16.0. The van der Waals surface area contributed by atoms with Gasteiger partial charge in [0, 0.05) is 41.2 Å². The highest BCUT2D eigenvalue weighted by Gasteiger charge is 2.30. The van der Waals surface area contributed by atoms with E-state index in [1.165, 1.54) is 16.9 Å². The van der Waals surface area contributed by atoms with Crippen molar-refractivity contribution in [3.05, 3.63) is 57.7 Å². The van der Waals surface area contributed by atoms with E-state index in [-0.39, 0.29) is 5.92 Å². The number of aromatic amines is 1. The van der Waals surface area contributed by atoms with E-state index in [0.717, 1.165) is 71.5 Å². The summed E-state index contributed by atoms with van der Waals surface area (Å²) in [5.41, 5.74) is 3.04. The van der Waals surface area contributed by atoms with Crippen LogP contribution < -0.4 is 0 Å². The van der Waals surface area contributed by atoms with Crippen LogP contribution in [-0.2, 0) is 15.5 Å². The summed E-state index contributed by atoms with van der Waals surface area (Å²) in [6.45, 7) is 3.36. The molecule has 8 heteroatoms. The van der Waals surface area contributed by atoms with Crippen molar-refractivity contribution in [3.63, 3.8) is 0 Å². The zero-order chi connectivity index (χ0) is 22.9. The van der Waals surface area contributed by atoms with Crippen molar-refractivity contribution in [2.24, 2.45) is 5.92 Å². The van der Waals surface area contributed by atoms with Gasteiger partial charge in [0.1, 0.15) is 5.01 Å². The first-order valence-corrected chi connectivity index (χ1v) is 14.0. The van der Waals surface area contributed by atoms with Crippen molar-refractivity contribution in [3.8, 4) is 10.7 Å². The Balaban J connectivity index is 1.46. The highest BCUT2D eigenvalue weighted by molar-refractivity contribution is 7.86. The van der Waals surface area contributed by atoms with E-state index in [9.17, 15) is 9.32 Å². The van der Waals surface area contributed by atoms with Crippen LogP contribution in [0, 0.1) is 5.92 Å². The van der Waals surface area contributed by atoms with E-state index in [0.29, 0.717) is 16.2 Å². The second-order valence-electron chi connectivity index (χ2n) is 9.10. The number of H-pyrrole nitrogens is 1. The molecule has 33 heavy (non-hydrogen) atoms. The largest absolute Gasteiger partial charge is 0.388 e. The van der Waals surface area contributed by atoms with E-state index in [1.807, 2.05) is 18.2 Å². The number of hydrogen-bond donors (Lipinski definition) is 2. The van der Waals surface area contributed by atoms with Crippen LogP contribution in [0.15, 0.2) is 41.4 Å². The van der Waals surface area contributed by atoms with Crippen LogP contribution in [0.5, 0.6) is 0 Å². The molecule has 5 rings (SSSR count). The van der Waals surface area contributed by atoms with Crippen molar-refractivity contribution < 1.29 is 14.1 Å². The lowest BCUT2D eigenvalue weighted by Gasteiger charge is -2.27. The van der Waals surface area contributed by atoms with Crippen LogP contribution in [-0.4, -0.2) is 37.7 Å². The summed E-state index contributed by atoms with van der Waals surface area (Å²) in [6, 6.07) is 10.2. The lowest BCUT2D eigenvalue weighted by molar-refractivity contribution is 0.0626. The van der Waals surface area contributed by atoms with Gasteiger partial charge in [0.15, 0.2) is 0 Å². The lowest BCUT2D eigenvalue weighted by atomic mass is 9.83. The average molecular weight is 505 g/mol. The Labute approximate surface area is 206 Å². The van der Waals surface area contributed by atoms with Crippen LogP contribution in [0.1, 0.15) is 67.2 Å². The van der Waals surface area contributed by atoms with Gasteiger partial charge in [0.2, 0.25) is 0 Å². The van der Waals surface area contributed by atoms with Crippen LogP contribution in [0.3, 0.4) is 0 Å². The summed E-state index contributed by atoms with van der Waals surface area (Å²) >= 11 is 8.25. The lowest BCUT2D eigenvalue weighted by Crippen LogP contribution is -2.19. The Kier molecular flexibility index (Phi) is 7.04. The number of hydrogen-bond acceptors (Lipinski definition) is 5. The standard InChI is InChI=1S/C25H29ClN2O3S2/c1-15(29)23-14-27-25(32-23)22-13-21(26)24(28-22)20(12-16-8-10-31-11-9-16)17-2-4-18(5-3-17)33(30)19-6-7-19/h2-5,13-16,19-20,28-29H,6-12H2,1H3. The summed E-state index contributed by atoms with van der Waals surface area (Å²) in [5.74, 6) is 0.669. The van der Waals surface area contributed by atoms with Gasteiger partial charge >= 0.3 is 0 Å². The summed E-state index contributed by atoms with van der Waals surface area (Å²) in [5, 5.41) is 11.7. The molecule has 3 atom stereocenters. The molecular formula is C25H29ClN2O3S2.